The van der Waals surface area contributed by atoms with Crippen LogP contribution >= 0.6 is 11.6 Å². The summed E-state index contributed by atoms with van der Waals surface area (Å²) in [6.45, 7) is 11.1. The molecule has 140 valence electrons. The summed E-state index contributed by atoms with van der Waals surface area (Å²) in [4.78, 5) is 0. The first-order valence-corrected chi connectivity index (χ1v) is 9.67. The molecule has 1 aliphatic heterocycles. The van der Waals surface area contributed by atoms with Crippen molar-refractivity contribution in [2.75, 3.05) is 26.4 Å². The second-order valence-electron chi connectivity index (χ2n) is 7.34. The van der Waals surface area contributed by atoms with Gasteiger partial charge in [-0.1, -0.05) is 52.1 Å². The van der Waals surface area contributed by atoms with Crippen molar-refractivity contribution < 1.29 is 18.8 Å². The number of hydrogen-bond donors (Lipinski definition) is 0. The van der Waals surface area contributed by atoms with E-state index in [0.29, 0.717) is 42.9 Å². The third-order valence-electron chi connectivity index (χ3n) is 4.08. The number of ether oxygens (including phenoxy) is 2. The van der Waals surface area contributed by atoms with E-state index in [9.17, 15) is 0 Å². The lowest BCUT2D eigenvalue weighted by molar-refractivity contribution is 0.0340. The van der Waals surface area contributed by atoms with Gasteiger partial charge in [-0.05, 0) is 18.9 Å². The van der Waals surface area contributed by atoms with Crippen molar-refractivity contribution in [2.24, 2.45) is 5.41 Å². The Morgan fingerprint density at radius 3 is 2.12 bits per heavy atom. The molecule has 0 amide bonds. The van der Waals surface area contributed by atoms with E-state index in [4.69, 9.17) is 30.4 Å². The molecule has 25 heavy (non-hydrogen) atoms. The minimum atomic E-state index is -0.449. The van der Waals surface area contributed by atoms with Gasteiger partial charge in [-0.2, -0.15) is 0 Å². The number of hydrogen-bond acceptors (Lipinski definition) is 4. The topological polar surface area (TPSA) is 36.9 Å². The van der Waals surface area contributed by atoms with Crippen LogP contribution in [0.5, 0.6) is 11.5 Å². The summed E-state index contributed by atoms with van der Waals surface area (Å²) in [5.74, 6) is 1.37. The van der Waals surface area contributed by atoms with Crippen LogP contribution in [-0.4, -0.2) is 33.5 Å². The highest BCUT2D eigenvalue weighted by Crippen LogP contribution is 2.30. The maximum absolute atomic E-state index is 6.39. The fraction of sp³-hybridized carbons (Fsp3) is 0.684. The minimum absolute atomic E-state index is 0.0204. The normalized spacial score (nSPS) is 16.8. The Morgan fingerprint density at radius 2 is 1.56 bits per heavy atom. The van der Waals surface area contributed by atoms with Gasteiger partial charge in [-0.15, -0.1) is 0 Å². The van der Waals surface area contributed by atoms with Gasteiger partial charge in [0.05, 0.1) is 18.2 Å². The van der Waals surface area contributed by atoms with Crippen molar-refractivity contribution in [1.29, 1.82) is 0 Å². The molecule has 1 heterocycles. The standard InChI is InChI=1S/C19H30BClO4/c1-5-7-9-22-17-12-16(21)18(23-10-8-6-2)11-15(17)20-24-13-19(3,4)14-25-20/h11-12H,5-10,13-14H2,1-4H3. The van der Waals surface area contributed by atoms with E-state index in [1.54, 1.807) is 0 Å². The van der Waals surface area contributed by atoms with Gasteiger partial charge in [0.1, 0.15) is 11.5 Å². The van der Waals surface area contributed by atoms with E-state index in [1.165, 1.54) is 0 Å². The minimum Gasteiger partial charge on any atom is -0.494 e. The first kappa shape index (κ1) is 20.4. The molecule has 2 rings (SSSR count). The van der Waals surface area contributed by atoms with Crippen LogP contribution in [0.15, 0.2) is 12.1 Å². The van der Waals surface area contributed by atoms with E-state index in [0.717, 1.165) is 31.1 Å². The summed E-state index contributed by atoms with van der Waals surface area (Å²) in [5.41, 5.74) is 0.870. The van der Waals surface area contributed by atoms with Crippen molar-refractivity contribution in [3.05, 3.63) is 17.2 Å². The van der Waals surface area contributed by atoms with Crippen LogP contribution < -0.4 is 14.9 Å². The lowest BCUT2D eigenvalue weighted by Crippen LogP contribution is -2.47. The zero-order chi connectivity index (χ0) is 18.3. The highest BCUT2D eigenvalue weighted by Gasteiger charge is 2.36. The maximum atomic E-state index is 6.39. The Labute approximate surface area is 157 Å². The summed E-state index contributed by atoms with van der Waals surface area (Å²) >= 11 is 6.39. The van der Waals surface area contributed by atoms with Crippen LogP contribution in [0.4, 0.5) is 0 Å². The largest absolute Gasteiger partial charge is 0.497 e. The van der Waals surface area contributed by atoms with Gasteiger partial charge in [-0.3, -0.25) is 0 Å². The zero-order valence-corrected chi connectivity index (χ0v) is 16.7. The average molecular weight is 369 g/mol. The van der Waals surface area contributed by atoms with E-state index >= 15 is 0 Å². The molecule has 1 aromatic rings. The van der Waals surface area contributed by atoms with Crippen LogP contribution in [0.2, 0.25) is 5.02 Å². The number of rotatable bonds is 9. The van der Waals surface area contributed by atoms with Gasteiger partial charge >= 0.3 is 7.12 Å². The molecule has 6 heteroatoms. The van der Waals surface area contributed by atoms with Gasteiger partial charge in [0.2, 0.25) is 0 Å². The predicted molar refractivity (Wildman–Crippen MR) is 103 cm³/mol. The number of halogens is 1. The van der Waals surface area contributed by atoms with E-state index in [-0.39, 0.29) is 5.41 Å². The first-order valence-electron chi connectivity index (χ1n) is 9.29. The second kappa shape index (κ2) is 9.70. The summed E-state index contributed by atoms with van der Waals surface area (Å²) in [6, 6.07) is 3.72. The van der Waals surface area contributed by atoms with Gasteiger partial charge in [0.25, 0.3) is 0 Å². The van der Waals surface area contributed by atoms with Crippen molar-refractivity contribution in [3.8, 4) is 11.5 Å². The fourth-order valence-corrected chi connectivity index (χ4v) is 2.70. The molecule has 0 unspecified atom stereocenters. The van der Waals surface area contributed by atoms with Gasteiger partial charge in [0.15, 0.2) is 0 Å². The molecular weight excluding hydrogens is 338 g/mol. The van der Waals surface area contributed by atoms with Gasteiger partial charge in [-0.25, -0.2) is 0 Å². The zero-order valence-electron chi connectivity index (χ0n) is 15.9. The molecule has 0 saturated carbocycles. The second-order valence-corrected chi connectivity index (χ2v) is 7.75. The predicted octanol–water partition coefficient (Wildman–Crippen LogP) is 4.47. The molecule has 4 nitrogen and oxygen atoms in total. The molecular formula is C19H30BClO4. The molecule has 1 aliphatic rings. The Bertz CT molecular complexity index is 540. The maximum Gasteiger partial charge on any atom is 0.497 e. The van der Waals surface area contributed by atoms with Gasteiger partial charge < -0.3 is 18.8 Å². The molecule has 0 bridgehead atoms. The molecule has 0 aromatic heterocycles. The van der Waals surface area contributed by atoms with E-state index in [2.05, 4.69) is 27.7 Å². The summed E-state index contributed by atoms with van der Waals surface area (Å²) in [6.07, 6.45) is 4.13. The molecule has 1 fully saturated rings. The summed E-state index contributed by atoms with van der Waals surface area (Å²) in [7, 11) is -0.449. The first-order chi connectivity index (χ1) is 12.0. The van der Waals surface area contributed by atoms with E-state index < -0.39 is 7.12 Å². The molecule has 0 radical (unpaired) electrons. The van der Waals surface area contributed by atoms with Crippen LogP contribution in [0, 0.1) is 5.41 Å². The quantitative estimate of drug-likeness (QED) is 0.476. The Kier molecular flexibility index (Phi) is 7.92. The monoisotopic (exact) mass is 368 g/mol. The van der Waals surface area contributed by atoms with Gasteiger partial charge in [0, 0.05) is 30.2 Å². The molecule has 0 atom stereocenters. The third kappa shape index (κ3) is 6.09. The van der Waals surface area contributed by atoms with Crippen LogP contribution in [0.3, 0.4) is 0 Å². The molecule has 1 saturated heterocycles. The van der Waals surface area contributed by atoms with Crippen LogP contribution in [0.1, 0.15) is 53.4 Å². The van der Waals surface area contributed by atoms with Crippen LogP contribution in [0.25, 0.3) is 0 Å². The lowest BCUT2D eigenvalue weighted by atomic mass is 9.75. The summed E-state index contributed by atoms with van der Waals surface area (Å²) < 4.78 is 23.7. The van der Waals surface area contributed by atoms with Crippen molar-refractivity contribution in [2.45, 2.75) is 53.4 Å². The van der Waals surface area contributed by atoms with Crippen molar-refractivity contribution in [1.82, 2.24) is 0 Å². The lowest BCUT2D eigenvalue weighted by Gasteiger charge is -2.33. The molecule has 0 N–H and O–H groups in total. The highest BCUT2D eigenvalue weighted by atomic mass is 35.5. The Hall–Kier alpha value is -0.905. The fourth-order valence-electron chi connectivity index (χ4n) is 2.50. The van der Waals surface area contributed by atoms with Crippen molar-refractivity contribution in [3.63, 3.8) is 0 Å². The molecule has 1 aromatic carbocycles. The van der Waals surface area contributed by atoms with Crippen molar-refractivity contribution >= 4 is 24.2 Å². The molecule has 0 spiro atoms. The Balaban J connectivity index is 2.20. The average Bonchev–Trinajstić information content (AvgIpc) is 2.57. The third-order valence-corrected chi connectivity index (χ3v) is 4.38. The summed E-state index contributed by atoms with van der Waals surface area (Å²) in [5, 5.41) is 0.558. The van der Waals surface area contributed by atoms with E-state index in [1.807, 2.05) is 12.1 Å². The molecule has 0 aliphatic carbocycles. The Morgan fingerprint density at radius 1 is 1.00 bits per heavy atom. The number of unbranched alkanes of at least 4 members (excludes halogenated alkanes) is 2. The van der Waals surface area contributed by atoms with Crippen LogP contribution in [-0.2, 0) is 9.31 Å². The number of benzene rings is 1. The smallest absolute Gasteiger partial charge is 0.494 e. The highest BCUT2D eigenvalue weighted by molar-refractivity contribution is 6.62. The SMILES string of the molecule is CCCCOc1cc(B2OCC(C)(C)CO2)c(OCCCC)cc1Cl.